The molecule has 7 nitrogen and oxygen atoms in total. The fraction of sp³-hybridized carbons (Fsp3) is 0.400. The van der Waals surface area contributed by atoms with E-state index in [-0.39, 0.29) is 36.2 Å². The Hall–Kier alpha value is -2.74. The van der Waals surface area contributed by atoms with Crippen molar-refractivity contribution in [3.05, 3.63) is 52.5 Å². The third kappa shape index (κ3) is 5.39. The van der Waals surface area contributed by atoms with Gasteiger partial charge in [-0.1, -0.05) is 6.07 Å². The number of nitrogens with zero attached hydrogens (tertiary/aromatic N) is 2. The fourth-order valence-corrected chi connectivity index (χ4v) is 4.11. The van der Waals surface area contributed by atoms with Gasteiger partial charge in [0.1, 0.15) is 0 Å². The molecule has 148 valence electrons. The first-order valence-electron chi connectivity index (χ1n) is 9.32. The Kier molecular flexibility index (Phi) is 6.76. The van der Waals surface area contributed by atoms with Crippen molar-refractivity contribution < 1.29 is 14.4 Å². The molecule has 1 fully saturated rings. The zero-order valence-corrected chi connectivity index (χ0v) is 16.6. The Morgan fingerprint density at radius 3 is 2.54 bits per heavy atom. The fourth-order valence-electron chi connectivity index (χ4n) is 3.33. The predicted molar refractivity (Wildman–Crippen MR) is 107 cm³/mol. The highest BCUT2D eigenvalue weighted by Crippen LogP contribution is 2.22. The minimum Gasteiger partial charge on any atom is -0.353 e. The molecule has 0 bridgehead atoms. The van der Waals surface area contributed by atoms with Crippen molar-refractivity contribution in [2.45, 2.75) is 38.3 Å². The summed E-state index contributed by atoms with van der Waals surface area (Å²) in [6.07, 6.45) is 4.85. The Morgan fingerprint density at radius 2 is 1.93 bits per heavy atom. The third-order valence-corrected chi connectivity index (χ3v) is 5.71. The molecule has 2 aromatic heterocycles. The summed E-state index contributed by atoms with van der Waals surface area (Å²) in [5.74, 6) is -0.254. The predicted octanol–water partition coefficient (Wildman–Crippen LogP) is 2.13. The van der Waals surface area contributed by atoms with E-state index in [1.54, 1.807) is 24.5 Å². The third-order valence-electron chi connectivity index (χ3n) is 4.73. The maximum Gasteiger partial charge on any atom is 0.253 e. The number of hydrogen-bond donors (Lipinski definition) is 2. The van der Waals surface area contributed by atoms with Gasteiger partial charge in [0.05, 0.1) is 12.5 Å². The average Bonchev–Trinajstić information content (AvgIpc) is 3.23. The van der Waals surface area contributed by atoms with E-state index in [1.807, 2.05) is 22.4 Å². The summed E-state index contributed by atoms with van der Waals surface area (Å²) in [4.78, 5) is 43.1. The molecule has 0 aliphatic carbocycles. The van der Waals surface area contributed by atoms with Crippen molar-refractivity contribution >= 4 is 29.1 Å². The largest absolute Gasteiger partial charge is 0.353 e. The first kappa shape index (κ1) is 20.0. The van der Waals surface area contributed by atoms with E-state index in [2.05, 4.69) is 15.6 Å². The van der Waals surface area contributed by atoms with Gasteiger partial charge in [0.2, 0.25) is 11.8 Å². The number of carbonyl (C=O) groups excluding carboxylic acids is 3. The van der Waals surface area contributed by atoms with Gasteiger partial charge in [-0.2, -0.15) is 0 Å². The number of hydrogen-bond acceptors (Lipinski definition) is 5. The second kappa shape index (κ2) is 9.45. The van der Waals surface area contributed by atoms with Crippen LogP contribution in [-0.4, -0.2) is 46.7 Å². The van der Waals surface area contributed by atoms with E-state index in [9.17, 15) is 14.4 Å². The summed E-state index contributed by atoms with van der Waals surface area (Å²) in [5, 5.41) is 7.82. The Bertz CT molecular complexity index is 802. The van der Waals surface area contributed by atoms with Crippen molar-refractivity contribution in [1.82, 2.24) is 20.5 Å². The molecule has 1 aliphatic heterocycles. The molecule has 0 saturated carbocycles. The van der Waals surface area contributed by atoms with Crippen LogP contribution in [0, 0.1) is 0 Å². The Balaban J connectivity index is 1.49. The molecule has 1 atom stereocenters. The molecular formula is C20H24N4O3S. The molecule has 28 heavy (non-hydrogen) atoms. The van der Waals surface area contributed by atoms with Crippen molar-refractivity contribution in [2.24, 2.45) is 0 Å². The van der Waals surface area contributed by atoms with E-state index in [0.717, 1.165) is 4.88 Å². The number of thiophene rings is 1. The zero-order valence-electron chi connectivity index (χ0n) is 15.8. The van der Waals surface area contributed by atoms with Crippen molar-refractivity contribution in [1.29, 1.82) is 0 Å². The Labute approximate surface area is 168 Å². The summed E-state index contributed by atoms with van der Waals surface area (Å²) in [7, 11) is 0. The smallest absolute Gasteiger partial charge is 0.253 e. The number of piperidine rings is 1. The highest BCUT2D eigenvalue weighted by Gasteiger charge is 2.26. The Morgan fingerprint density at radius 1 is 1.21 bits per heavy atom. The van der Waals surface area contributed by atoms with Gasteiger partial charge in [-0.3, -0.25) is 19.4 Å². The first-order valence-corrected chi connectivity index (χ1v) is 10.2. The topological polar surface area (TPSA) is 91.4 Å². The number of nitrogens with one attached hydrogen (secondary N) is 2. The number of rotatable bonds is 6. The molecule has 8 heteroatoms. The lowest BCUT2D eigenvalue weighted by atomic mass is 10.0. The minimum absolute atomic E-state index is 0.00408. The van der Waals surface area contributed by atoms with Crippen LogP contribution in [0.3, 0.4) is 0 Å². The maximum atomic E-state index is 12.5. The van der Waals surface area contributed by atoms with E-state index >= 15 is 0 Å². The van der Waals surface area contributed by atoms with Gasteiger partial charge in [-0.15, -0.1) is 11.3 Å². The highest BCUT2D eigenvalue weighted by molar-refractivity contribution is 7.10. The van der Waals surface area contributed by atoms with Gasteiger partial charge in [0.25, 0.3) is 5.91 Å². The molecule has 3 rings (SSSR count). The van der Waals surface area contributed by atoms with Gasteiger partial charge in [0, 0.05) is 48.9 Å². The lowest BCUT2D eigenvalue weighted by molar-refractivity contribution is -0.123. The quantitative estimate of drug-likeness (QED) is 0.777. The molecule has 2 N–H and O–H groups in total. The first-order chi connectivity index (χ1) is 13.5. The summed E-state index contributed by atoms with van der Waals surface area (Å²) in [6.45, 7) is 2.66. The zero-order chi connectivity index (χ0) is 19.9. The van der Waals surface area contributed by atoms with Gasteiger partial charge in [0.15, 0.2) is 0 Å². The summed E-state index contributed by atoms with van der Waals surface area (Å²) >= 11 is 1.52. The molecule has 0 radical (unpaired) electrons. The monoisotopic (exact) mass is 400 g/mol. The maximum absolute atomic E-state index is 12.5. The van der Waals surface area contributed by atoms with E-state index in [1.165, 1.54) is 18.3 Å². The van der Waals surface area contributed by atoms with Crippen molar-refractivity contribution in [3.8, 4) is 0 Å². The van der Waals surface area contributed by atoms with Crippen LogP contribution in [0.4, 0.5) is 0 Å². The molecule has 3 amide bonds. The standard InChI is InChI=1S/C20H24N4O3S/c1-14(25)22-17(18-3-2-12-28-18)13-19(26)23-16-6-10-24(11-7-16)20(27)15-4-8-21-9-5-15/h2-5,8-9,12,16-17H,6-7,10-11,13H2,1H3,(H,22,25)(H,23,26)/t17-/m0/s1. The molecule has 0 aromatic carbocycles. The average molecular weight is 401 g/mol. The molecular weight excluding hydrogens is 376 g/mol. The minimum atomic E-state index is -0.314. The summed E-state index contributed by atoms with van der Waals surface area (Å²) in [5.41, 5.74) is 0.631. The molecule has 0 unspecified atom stereocenters. The van der Waals surface area contributed by atoms with Crippen LogP contribution in [0.5, 0.6) is 0 Å². The number of likely N-dealkylation sites (tertiary alicyclic amines) is 1. The lowest BCUT2D eigenvalue weighted by Gasteiger charge is -2.32. The van der Waals surface area contributed by atoms with Crippen LogP contribution in [0.25, 0.3) is 0 Å². The molecule has 1 saturated heterocycles. The van der Waals surface area contributed by atoms with Crippen LogP contribution in [0.2, 0.25) is 0 Å². The van der Waals surface area contributed by atoms with Gasteiger partial charge in [-0.05, 0) is 36.4 Å². The number of carbonyl (C=O) groups is 3. The van der Waals surface area contributed by atoms with E-state index in [0.29, 0.717) is 31.5 Å². The van der Waals surface area contributed by atoms with E-state index in [4.69, 9.17) is 0 Å². The number of pyridine rings is 1. The van der Waals surface area contributed by atoms with Crippen LogP contribution in [-0.2, 0) is 9.59 Å². The van der Waals surface area contributed by atoms with E-state index < -0.39 is 0 Å². The van der Waals surface area contributed by atoms with Crippen LogP contribution in [0.1, 0.15) is 47.5 Å². The second-order valence-electron chi connectivity index (χ2n) is 6.84. The number of amides is 3. The van der Waals surface area contributed by atoms with Gasteiger partial charge in [-0.25, -0.2) is 0 Å². The second-order valence-corrected chi connectivity index (χ2v) is 7.82. The van der Waals surface area contributed by atoms with Crippen molar-refractivity contribution in [3.63, 3.8) is 0 Å². The molecule has 1 aliphatic rings. The summed E-state index contributed by atoms with van der Waals surface area (Å²) in [6, 6.07) is 6.97. The van der Waals surface area contributed by atoms with Gasteiger partial charge < -0.3 is 15.5 Å². The highest BCUT2D eigenvalue weighted by atomic mass is 32.1. The molecule has 0 spiro atoms. The normalized spacial score (nSPS) is 15.7. The molecule has 2 aromatic rings. The van der Waals surface area contributed by atoms with Crippen LogP contribution < -0.4 is 10.6 Å². The molecule has 3 heterocycles. The van der Waals surface area contributed by atoms with Crippen LogP contribution >= 0.6 is 11.3 Å². The van der Waals surface area contributed by atoms with Gasteiger partial charge >= 0.3 is 0 Å². The SMILES string of the molecule is CC(=O)N[C@@H](CC(=O)NC1CCN(C(=O)c2ccncc2)CC1)c1cccs1. The number of aromatic nitrogens is 1. The lowest BCUT2D eigenvalue weighted by Crippen LogP contribution is -2.47. The summed E-state index contributed by atoms with van der Waals surface area (Å²) < 4.78 is 0. The van der Waals surface area contributed by atoms with Crippen molar-refractivity contribution in [2.75, 3.05) is 13.1 Å². The van der Waals surface area contributed by atoms with Crippen LogP contribution in [0.15, 0.2) is 42.0 Å².